The van der Waals surface area contributed by atoms with E-state index in [9.17, 15) is 9.90 Å². The molecule has 1 aromatic rings. The molecular weight excluding hydrogens is 385 g/mol. The van der Waals surface area contributed by atoms with Gasteiger partial charge in [-0.05, 0) is 69.4 Å². The molecule has 4 rings (SSSR count). The van der Waals surface area contributed by atoms with Crippen molar-refractivity contribution in [1.29, 1.82) is 0 Å². The van der Waals surface area contributed by atoms with Gasteiger partial charge in [0.1, 0.15) is 0 Å². The molecule has 5 nitrogen and oxygen atoms in total. The van der Waals surface area contributed by atoms with E-state index in [1.54, 1.807) is 0 Å². The molecule has 3 heterocycles. The maximum Gasteiger partial charge on any atom is 0.237 e. The van der Waals surface area contributed by atoms with Crippen molar-refractivity contribution >= 4 is 36.4 Å². The molecule has 1 aromatic carbocycles. The van der Waals surface area contributed by atoms with Crippen LogP contribution in [0.25, 0.3) is 0 Å². The number of hydrogen-bond donors (Lipinski definition) is 2. The van der Waals surface area contributed by atoms with E-state index >= 15 is 0 Å². The van der Waals surface area contributed by atoms with Crippen molar-refractivity contribution in [1.82, 2.24) is 10.2 Å². The second-order valence-electron chi connectivity index (χ2n) is 7.92. The first-order chi connectivity index (χ1) is 12.1. The lowest BCUT2D eigenvalue weighted by molar-refractivity contribution is -0.124. The van der Waals surface area contributed by atoms with Crippen molar-refractivity contribution in [2.24, 2.45) is 5.92 Å². The number of aliphatic hydroxyl groups excluding tert-OH is 1. The molecule has 2 fully saturated rings. The van der Waals surface area contributed by atoms with E-state index in [0.29, 0.717) is 5.92 Å². The second kappa shape index (κ2) is 9.10. The van der Waals surface area contributed by atoms with Crippen LogP contribution >= 0.6 is 24.8 Å². The Balaban J connectivity index is 0.00000131. The van der Waals surface area contributed by atoms with Gasteiger partial charge in [-0.1, -0.05) is 18.2 Å². The number of amides is 1. The molecule has 0 radical (unpaired) electrons. The van der Waals surface area contributed by atoms with Gasteiger partial charge in [-0.2, -0.15) is 0 Å². The summed E-state index contributed by atoms with van der Waals surface area (Å²) < 4.78 is 0. The Morgan fingerprint density at radius 3 is 2.48 bits per heavy atom. The van der Waals surface area contributed by atoms with Crippen LogP contribution in [0.2, 0.25) is 0 Å². The minimum Gasteiger partial charge on any atom is -0.392 e. The highest BCUT2D eigenvalue weighted by atomic mass is 35.5. The van der Waals surface area contributed by atoms with E-state index in [4.69, 9.17) is 0 Å². The Kier molecular flexibility index (Phi) is 7.56. The van der Waals surface area contributed by atoms with Crippen molar-refractivity contribution in [3.8, 4) is 0 Å². The first-order valence-electron chi connectivity index (χ1n) is 9.61. The van der Waals surface area contributed by atoms with Gasteiger partial charge in [0, 0.05) is 19.3 Å². The summed E-state index contributed by atoms with van der Waals surface area (Å²) in [5.74, 6) is 0.657. The zero-order valence-electron chi connectivity index (χ0n) is 15.9. The fourth-order valence-corrected chi connectivity index (χ4v) is 4.96. The number of fused-ring (bicyclic) bond motifs is 2. The number of anilines is 1. The molecule has 1 amide bonds. The highest BCUT2D eigenvalue weighted by molar-refractivity contribution is 6.07. The minimum absolute atomic E-state index is 0. The molecule has 2 saturated heterocycles. The third kappa shape index (κ3) is 3.99. The number of rotatable bonds is 3. The number of β-amino-alcohol motifs (C(OH)–C–C–N with tert-alkyl or cyclic N) is 1. The molecule has 2 N–H and O–H groups in total. The quantitative estimate of drug-likeness (QED) is 0.794. The number of piperidine rings is 2. The van der Waals surface area contributed by atoms with E-state index in [2.05, 4.69) is 22.3 Å². The highest BCUT2D eigenvalue weighted by Gasteiger charge is 2.50. The summed E-state index contributed by atoms with van der Waals surface area (Å²) in [6, 6.07) is 8.22. The van der Waals surface area contributed by atoms with Crippen LogP contribution in [0.3, 0.4) is 0 Å². The fourth-order valence-electron chi connectivity index (χ4n) is 4.96. The van der Waals surface area contributed by atoms with E-state index in [0.717, 1.165) is 64.1 Å². The summed E-state index contributed by atoms with van der Waals surface area (Å²) in [6.45, 7) is 4.54. The zero-order valence-corrected chi connectivity index (χ0v) is 17.5. The maximum absolute atomic E-state index is 13.0. The summed E-state index contributed by atoms with van der Waals surface area (Å²) in [5, 5.41) is 13.9. The number of nitrogens with one attached hydrogen (secondary N) is 1. The molecule has 7 heteroatoms. The maximum atomic E-state index is 13.0. The zero-order chi connectivity index (χ0) is 17.4. The average molecular weight is 416 g/mol. The smallest absolute Gasteiger partial charge is 0.237 e. The van der Waals surface area contributed by atoms with Crippen molar-refractivity contribution < 1.29 is 9.90 Å². The van der Waals surface area contributed by atoms with E-state index in [-0.39, 0.29) is 42.2 Å². The monoisotopic (exact) mass is 415 g/mol. The molecule has 1 unspecified atom stereocenters. The van der Waals surface area contributed by atoms with Gasteiger partial charge < -0.3 is 20.2 Å². The molecular formula is C20H31Cl2N3O2. The Bertz CT molecular complexity index is 644. The number of nitrogens with zero attached hydrogens (tertiary/aromatic N) is 2. The second-order valence-corrected chi connectivity index (χ2v) is 7.92. The van der Waals surface area contributed by atoms with Crippen LogP contribution in [0.4, 0.5) is 5.69 Å². The Morgan fingerprint density at radius 1 is 1.19 bits per heavy atom. The van der Waals surface area contributed by atoms with Crippen molar-refractivity contribution in [3.05, 3.63) is 29.8 Å². The molecule has 27 heavy (non-hydrogen) atoms. The Morgan fingerprint density at radius 2 is 1.81 bits per heavy atom. The van der Waals surface area contributed by atoms with Crippen LogP contribution in [0.5, 0.6) is 0 Å². The number of carbonyl (C=O) groups excluding carboxylic acids is 1. The van der Waals surface area contributed by atoms with Gasteiger partial charge in [0.2, 0.25) is 5.91 Å². The average Bonchev–Trinajstić information content (AvgIpc) is 2.87. The van der Waals surface area contributed by atoms with Crippen LogP contribution in [-0.2, 0) is 10.2 Å². The van der Waals surface area contributed by atoms with Gasteiger partial charge in [-0.15, -0.1) is 24.8 Å². The number of likely N-dealkylation sites (N-methyl/N-ethyl adjacent to an activating group) is 1. The van der Waals surface area contributed by atoms with E-state index < -0.39 is 0 Å². The number of benzene rings is 1. The van der Waals surface area contributed by atoms with Gasteiger partial charge in [0.05, 0.1) is 11.5 Å². The first kappa shape index (κ1) is 22.4. The van der Waals surface area contributed by atoms with Crippen LogP contribution in [0, 0.1) is 5.92 Å². The summed E-state index contributed by atoms with van der Waals surface area (Å²) in [4.78, 5) is 17.1. The lowest BCUT2D eigenvalue weighted by Gasteiger charge is -2.40. The van der Waals surface area contributed by atoms with Crippen molar-refractivity contribution in [3.63, 3.8) is 0 Å². The summed E-state index contributed by atoms with van der Waals surface area (Å²) in [5.41, 5.74) is 1.92. The van der Waals surface area contributed by atoms with Gasteiger partial charge in [0.25, 0.3) is 0 Å². The fraction of sp³-hybridized carbons (Fsp3) is 0.650. The van der Waals surface area contributed by atoms with Crippen molar-refractivity contribution in [2.45, 2.75) is 37.2 Å². The van der Waals surface area contributed by atoms with Crippen LogP contribution in [0.1, 0.15) is 31.2 Å². The summed E-state index contributed by atoms with van der Waals surface area (Å²) >= 11 is 0. The van der Waals surface area contributed by atoms with Gasteiger partial charge in [0.15, 0.2) is 0 Å². The number of halogens is 2. The minimum atomic E-state index is -0.346. The summed E-state index contributed by atoms with van der Waals surface area (Å²) in [7, 11) is 1.89. The molecule has 152 valence electrons. The van der Waals surface area contributed by atoms with Crippen LogP contribution in [-0.4, -0.2) is 61.8 Å². The van der Waals surface area contributed by atoms with E-state index in [1.807, 2.05) is 24.1 Å². The van der Waals surface area contributed by atoms with Gasteiger partial charge in [-0.25, -0.2) is 0 Å². The number of para-hydroxylation sites is 1. The van der Waals surface area contributed by atoms with Crippen molar-refractivity contribution in [2.75, 3.05) is 44.7 Å². The molecule has 0 bridgehead atoms. The SMILES string of the molecule is CN1C(=O)C2(CCN(CC(O)C3CCNCC3)CC2)c2ccccc21.Cl.Cl. The lowest BCUT2D eigenvalue weighted by atomic mass is 9.73. The van der Waals surface area contributed by atoms with Gasteiger partial charge >= 0.3 is 0 Å². The predicted molar refractivity (Wildman–Crippen MR) is 113 cm³/mol. The number of hydrogen-bond acceptors (Lipinski definition) is 4. The number of carbonyl (C=O) groups is 1. The predicted octanol–water partition coefficient (Wildman–Crippen LogP) is 2.20. The lowest BCUT2D eigenvalue weighted by Crippen LogP contribution is -2.50. The highest BCUT2D eigenvalue weighted by Crippen LogP contribution is 2.47. The normalized spacial score (nSPS) is 23.5. The number of likely N-dealkylation sites (tertiary alicyclic amines) is 1. The van der Waals surface area contributed by atoms with Gasteiger partial charge in [-0.3, -0.25) is 4.79 Å². The molecule has 3 aliphatic rings. The standard InChI is InChI=1S/C20H29N3O2.2ClH/c1-22-17-5-3-2-4-16(17)20(19(22)25)8-12-23(13-9-20)14-18(24)15-6-10-21-11-7-15;;/h2-5,15,18,21,24H,6-14H2,1H3;2*1H. The Hall–Kier alpha value is -0.850. The van der Waals surface area contributed by atoms with E-state index in [1.165, 1.54) is 5.56 Å². The van der Waals surface area contributed by atoms with Crippen LogP contribution < -0.4 is 10.2 Å². The largest absolute Gasteiger partial charge is 0.392 e. The molecule has 0 aromatic heterocycles. The van der Waals surface area contributed by atoms with Crippen LogP contribution in [0.15, 0.2) is 24.3 Å². The third-order valence-electron chi connectivity index (χ3n) is 6.58. The third-order valence-corrected chi connectivity index (χ3v) is 6.58. The molecule has 0 aliphatic carbocycles. The summed E-state index contributed by atoms with van der Waals surface area (Å²) in [6.07, 6.45) is 3.59. The molecule has 1 atom stereocenters. The molecule has 1 spiro atoms. The first-order valence-corrected chi connectivity index (χ1v) is 9.61. The molecule has 3 aliphatic heterocycles. The Labute approximate surface area is 174 Å². The molecule has 0 saturated carbocycles. The number of aliphatic hydroxyl groups is 1. The topological polar surface area (TPSA) is 55.8 Å².